The molecule has 1 aliphatic carbocycles. The molecule has 1 fully saturated rings. The average Bonchev–Trinajstić information content (AvgIpc) is 3.06. The summed E-state index contributed by atoms with van der Waals surface area (Å²) in [6, 6.07) is 1.76. The van der Waals surface area contributed by atoms with Crippen molar-refractivity contribution in [3.05, 3.63) is 21.9 Å². The van der Waals surface area contributed by atoms with Crippen LogP contribution in [-0.2, 0) is 4.79 Å². The molecule has 0 aliphatic heterocycles. The largest absolute Gasteiger partial charge is 0.324 e. The Kier molecular flexibility index (Phi) is 3.50. The lowest BCUT2D eigenvalue weighted by molar-refractivity contribution is -0.119. The first-order chi connectivity index (χ1) is 7.58. The number of amides is 1. The van der Waals surface area contributed by atoms with Crippen LogP contribution in [0, 0.1) is 11.8 Å². The smallest absolute Gasteiger partial charge is 0.227 e. The van der Waals surface area contributed by atoms with Gasteiger partial charge in [-0.1, -0.05) is 18.5 Å². The third kappa shape index (κ3) is 2.74. The molecule has 1 aromatic rings. The van der Waals surface area contributed by atoms with Crippen LogP contribution in [-0.4, -0.2) is 10.9 Å². The maximum atomic E-state index is 11.8. The Labute approximate surface area is 108 Å². The Balaban J connectivity index is 2.02. The van der Waals surface area contributed by atoms with Crippen LogP contribution in [0.15, 0.2) is 16.7 Å². The van der Waals surface area contributed by atoms with E-state index in [-0.39, 0.29) is 11.8 Å². The highest BCUT2D eigenvalue weighted by molar-refractivity contribution is 9.10. The van der Waals surface area contributed by atoms with Crippen LogP contribution in [0.5, 0.6) is 0 Å². The maximum Gasteiger partial charge on any atom is 0.227 e. The molecule has 5 heteroatoms. The summed E-state index contributed by atoms with van der Waals surface area (Å²) in [5.74, 6) is 0.691. The number of carbonyl (C=O) groups is 1. The van der Waals surface area contributed by atoms with Crippen molar-refractivity contribution in [1.29, 1.82) is 0 Å². The van der Waals surface area contributed by atoms with Gasteiger partial charge in [-0.25, -0.2) is 4.98 Å². The lowest BCUT2D eigenvalue weighted by atomic mass is 10.1. The van der Waals surface area contributed by atoms with Gasteiger partial charge in [-0.3, -0.25) is 4.79 Å². The van der Waals surface area contributed by atoms with Crippen LogP contribution < -0.4 is 5.32 Å². The zero-order valence-corrected chi connectivity index (χ0v) is 11.2. The predicted octanol–water partition coefficient (Wildman–Crippen LogP) is 3.48. The molecule has 3 nitrogen and oxygen atoms in total. The number of anilines is 1. The summed E-state index contributed by atoms with van der Waals surface area (Å²) in [6.45, 7) is 1.96. The molecule has 1 saturated carbocycles. The number of hydrogen-bond acceptors (Lipinski definition) is 2. The summed E-state index contributed by atoms with van der Waals surface area (Å²) in [4.78, 5) is 15.8. The lowest BCUT2D eigenvalue weighted by Crippen LogP contribution is -2.21. The van der Waals surface area contributed by atoms with E-state index in [2.05, 4.69) is 26.2 Å². The molecule has 1 heterocycles. The summed E-state index contributed by atoms with van der Waals surface area (Å²) in [7, 11) is 0. The first-order valence-electron chi connectivity index (χ1n) is 5.20. The third-order valence-electron chi connectivity index (χ3n) is 2.81. The molecule has 16 heavy (non-hydrogen) atoms. The van der Waals surface area contributed by atoms with Crippen molar-refractivity contribution in [2.75, 3.05) is 5.32 Å². The maximum absolute atomic E-state index is 11.8. The molecule has 86 valence electrons. The number of halogens is 2. The second-order valence-corrected chi connectivity index (χ2v) is 5.32. The Morgan fingerprint density at radius 1 is 1.69 bits per heavy atom. The van der Waals surface area contributed by atoms with E-state index < -0.39 is 0 Å². The third-order valence-corrected chi connectivity index (χ3v) is 3.94. The fraction of sp³-hybridized carbons (Fsp3) is 0.455. The van der Waals surface area contributed by atoms with Crippen molar-refractivity contribution >= 4 is 39.1 Å². The quantitative estimate of drug-likeness (QED) is 0.869. The molecule has 0 aromatic carbocycles. The molecular weight excluding hydrogens is 291 g/mol. The Morgan fingerprint density at radius 3 is 2.94 bits per heavy atom. The van der Waals surface area contributed by atoms with Gasteiger partial charge in [0.05, 0.1) is 16.4 Å². The highest BCUT2D eigenvalue weighted by Crippen LogP contribution is 2.37. The van der Waals surface area contributed by atoms with E-state index in [4.69, 9.17) is 11.6 Å². The monoisotopic (exact) mass is 302 g/mol. The van der Waals surface area contributed by atoms with Crippen molar-refractivity contribution in [3.63, 3.8) is 0 Å². The van der Waals surface area contributed by atoms with Gasteiger partial charge in [-0.2, -0.15) is 0 Å². The van der Waals surface area contributed by atoms with E-state index in [1.54, 1.807) is 12.3 Å². The number of aromatic nitrogens is 1. The summed E-state index contributed by atoms with van der Waals surface area (Å²) in [5.41, 5.74) is 0.675. The molecule has 1 amide bonds. The van der Waals surface area contributed by atoms with Gasteiger partial charge in [0.25, 0.3) is 0 Å². The van der Waals surface area contributed by atoms with Gasteiger partial charge in [0, 0.05) is 5.92 Å². The highest BCUT2D eigenvalue weighted by Gasteiger charge is 2.32. The van der Waals surface area contributed by atoms with E-state index in [9.17, 15) is 4.79 Å². The Bertz CT molecular complexity index is 420. The second-order valence-electron chi connectivity index (χ2n) is 4.11. The molecule has 0 spiro atoms. The van der Waals surface area contributed by atoms with Gasteiger partial charge in [-0.15, -0.1) is 0 Å². The minimum atomic E-state index is 0.0542. The van der Waals surface area contributed by atoms with Crippen LogP contribution in [0.25, 0.3) is 0 Å². The molecule has 0 saturated heterocycles. The second kappa shape index (κ2) is 4.72. The summed E-state index contributed by atoms with van der Waals surface area (Å²) >= 11 is 9.04. The molecule has 1 atom stereocenters. The number of nitrogens with one attached hydrogen (secondary N) is 1. The predicted molar refractivity (Wildman–Crippen MR) is 67.5 cm³/mol. The highest BCUT2D eigenvalue weighted by atomic mass is 79.9. The summed E-state index contributed by atoms with van der Waals surface area (Å²) in [6.07, 6.45) is 3.89. The van der Waals surface area contributed by atoms with Gasteiger partial charge < -0.3 is 5.32 Å². The van der Waals surface area contributed by atoms with Gasteiger partial charge in [-0.05, 0) is 40.8 Å². The average molecular weight is 304 g/mol. The molecule has 1 unspecified atom stereocenters. The fourth-order valence-electron chi connectivity index (χ4n) is 1.56. The number of nitrogens with zero attached hydrogens (tertiary/aromatic N) is 1. The normalized spacial score (nSPS) is 16.9. The first kappa shape index (κ1) is 11.9. The van der Waals surface area contributed by atoms with Gasteiger partial charge in [0.2, 0.25) is 5.91 Å². The molecule has 1 N–H and O–H groups in total. The molecule has 2 rings (SSSR count). The molecule has 1 aromatic heterocycles. The van der Waals surface area contributed by atoms with E-state index in [0.29, 0.717) is 21.2 Å². The van der Waals surface area contributed by atoms with Crippen LogP contribution in [0.2, 0.25) is 5.15 Å². The zero-order chi connectivity index (χ0) is 11.7. The molecule has 1 aliphatic rings. The van der Waals surface area contributed by atoms with E-state index in [1.165, 1.54) is 0 Å². The van der Waals surface area contributed by atoms with Crippen molar-refractivity contribution in [2.45, 2.75) is 19.8 Å². The first-order valence-corrected chi connectivity index (χ1v) is 6.37. The summed E-state index contributed by atoms with van der Waals surface area (Å²) < 4.78 is 0.686. The van der Waals surface area contributed by atoms with Crippen LogP contribution in [0.1, 0.15) is 19.8 Å². The standard InChI is InChI=1S/C11H12BrClN2O/c1-6(7-2-3-7)11(16)15-8-4-9(12)10(13)14-5-8/h4-7H,2-3H2,1H3,(H,15,16). The van der Waals surface area contributed by atoms with E-state index in [1.807, 2.05) is 6.92 Å². The topological polar surface area (TPSA) is 42.0 Å². The van der Waals surface area contributed by atoms with Crippen LogP contribution in [0.4, 0.5) is 5.69 Å². The van der Waals surface area contributed by atoms with Gasteiger partial charge >= 0.3 is 0 Å². The Morgan fingerprint density at radius 2 is 2.38 bits per heavy atom. The number of rotatable bonds is 3. The Hall–Kier alpha value is -0.610. The molecule has 0 radical (unpaired) electrons. The van der Waals surface area contributed by atoms with Crippen molar-refractivity contribution < 1.29 is 4.79 Å². The zero-order valence-electron chi connectivity index (χ0n) is 8.84. The number of carbonyl (C=O) groups excluding carboxylic acids is 1. The van der Waals surface area contributed by atoms with Crippen molar-refractivity contribution in [2.24, 2.45) is 11.8 Å². The molecular formula is C11H12BrClN2O. The number of pyridine rings is 1. The van der Waals surface area contributed by atoms with Crippen LogP contribution in [0.3, 0.4) is 0 Å². The van der Waals surface area contributed by atoms with Gasteiger partial charge in [0.1, 0.15) is 5.15 Å². The minimum absolute atomic E-state index is 0.0542. The minimum Gasteiger partial charge on any atom is -0.324 e. The number of hydrogen-bond donors (Lipinski definition) is 1. The van der Waals surface area contributed by atoms with E-state index in [0.717, 1.165) is 12.8 Å². The fourth-order valence-corrected chi connectivity index (χ4v) is 2.01. The van der Waals surface area contributed by atoms with E-state index >= 15 is 0 Å². The molecule has 0 bridgehead atoms. The van der Waals surface area contributed by atoms with Gasteiger partial charge in [0.15, 0.2) is 0 Å². The van der Waals surface area contributed by atoms with Crippen molar-refractivity contribution in [1.82, 2.24) is 4.98 Å². The lowest BCUT2D eigenvalue weighted by Gasteiger charge is -2.11. The van der Waals surface area contributed by atoms with Crippen LogP contribution >= 0.6 is 27.5 Å². The summed E-state index contributed by atoms with van der Waals surface area (Å²) in [5, 5.41) is 3.24. The SMILES string of the molecule is CC(C(=O)Nc1cnc(Cl)c(Br)c1)C1CC1. The van der Waals surface area contributed by atoms with Crippen molar-refractivity contribution in [3.8, 4) is 0 Å².